The SMILES string of the molecule is O=C(N/N=C/c1ccccc1)c1cccc(Br)c1. The van der Waals surface area contributed by atoms with Gasteiger partial charge in [-0.3, -0.25) is 4.79 Å². The van der Waals surface area contributed by atoms with E-state index < -0.39 is 0 Å². The van der Waals surface area contributed by atoms with Crippen molar-refractivity contribution in [1.29, 1.82) is 0 Å². The first-order chi connectivity index (χ1) is 8.75. The van der Waals surface area contributed by atoms with Gasteiger partial charge in [0, 0.05) is 10.0 Å². The second kappa shape index (κ2) is 6.12. The molecule has 2 rings (SSSR count). The number of halogens is 1. The summed E-state index contributed by atoms with van der Waals surface area (Å²) in [5.74, 6) is -0.233. The highest BCUT2D eigenvalue weighted by atomic mass is 79.9. The van der Waals surface area contributed by atoms with Gasteiger partial charge in [0.05, 0.1) is 6.21 Å². The molecule has 0 saturated carbocycles. The van der Waals surface area contributed by atoms with Crippen molar-refractivity contribution in [2.45, 2.75) is 0 Å². The summed E-state index contributed by atoms with van der Waals surface area (Å²) in [6.07, 6.45) is 1.61. The smallest absolute Gasteiger partial charge is 0.267 e. The van der Waals surface area contributed by atoms with Crippen LogP contribution in [0.4, 0.5) is 0 Å². The van der Waals surface area contributed by atoms with Gasteiger partial charge < -0.3 is 0 Å². The molecule has 0 radical (unpaired) electrons. The first-order valence-corrected chi connectivity index (χ1v) is 6.19. The molecule has 90 valence electrons. The van der Waals surface area contributed by atoms with E-state index in [1.165, 1.54) is 0 Å². The lowest BCUT2D eigenvalue weighted by atomic mass is 10.2. The molecule has 0 aromatic heterocycles. The summed E-state index contributed by atoms with van der Waals surface area (Å²) in [7, 11) is 0. The van der Waals surface area contributed by atoms with Gasteiger partial charge in [-0.15, -0.1) is 0 Å². The molecule has 18 heavy (non-hydrogen) atoms. The predicted molar refractivity (Wildman–Crippen MR) is 75.6 cm³/mol. The van der Waals surface area contributed by atoms with E-state index in [0.29, 0.717) is 5.56 Å². The first-order valence-electron chi connectivity index (χ1n) is 5.40. The maximum absolute atomic E-state index is 11.7. The molecule has 4 heteroatoms. The second-order valence-electron chi connectivity index (χ2n) is 3.62. The molecule has 0 heterocycles. The molecule has 0 aliphatic rings. The van der Waals surface area contributed by atoms with Gasteiger partial charge in [-0.1, -0.05) is 52.3 Å². The molecular weight excluding hydrogens is 292 g/mol. The Kier molecular flexibility index (Phi) is 4.25. The number of hydrazone groups is 1. The van der Waals surface area contributed by atoms with E-state index in [1.54, 1.807) is 24.4 Å². The van der Waals surface area contributed by atoms with Gasteiger partial charge in [-0.25, -0.2) is 5.43 Å². The van der Waals surface area contributed by atoms with Crippen LogP contribution in [0.1, 0.15) is 15.9 Å². The molecule has 0 spiro atoms. The third-order valence-corrected chi connectivity index (χ3v) is 2.76. The predicted octanol–water partition coefficient (Wildman–Crippen LogP) is 3.21. The Hall–Kier alpha value is -1.94. The van der Waals surface area contributed by atoms with E-state index in [-0.39, 0.29) is 5.91 Å². The fraction of sp³-hybridized carbons (Fsp3) is 0. The van der Waals surface area contributed by atoms with Crippen LogP contribution in [0.25, 0.3) is 0 Å². The van der Waals surface area contributed by atoms with Crippen molar-refractivity contribution >= 4 is 28.1 Å². The topological polar surface area (TPSA) is 41.5 Å². The van der Waals surface area contributed by atoms with Crippen LogP contribution >= 0.6 is 15.9 Å². The van der Waals surface area contributed by atoms with E-state index in [1.807, 2.05) is 36.4 Å². The number of amides is 1. The Labute approximate surface area is 114 Å². The lowest BCUT2D eigenvalue weighted by Gasteiger charge is -2.00. The fourth-order valence-corrected chi connectivity index (χ4v) is 1.80. The van der Waals surface area contributed by atoms with Crippen molar-refractivity contribution in [3.8, 4) is 0 Å². The Morgan fingerprint density at radius 3 is 2.61 bits per heavy atom. The molecule has 0 atom stereocenters. The van der Waals surface area contributed by atoms with Crippen molar-refractivity contribution in [3.05, 3.63) is 70.2 Å². The summed E-state index contributed by atoms with van der Waals surface area (Å²) in [6.45, 7) is 0. The normalized spacial score (nSPS) is 10.5. The molecule has 2 aromatic rings. The van der Waals surface area contributed by atoms with Gasteiger partial charge in [0.1, 0.15) is 0 Å². The summed E-state index contributed by atoms with van der Waals surface area (Å²) in [5.41, 5.74) is 3.99. The van der Waals surface area contributed by atoms with Crippen molar-refractivity contribution in [2.75, 3.05) is 0 Å². The Morgan fingerprint density at radius 1 is 1.11 bits per heavy atom. The molecule has 1 N–H and O–H groups in total. The number of carbonyl (C=O) groups excluding carboxylic acids is 1. The van der Waals surface area contributed by atoms with Gasteiger partial charge in [0.2, 0.25) is 0 Å². The number of rotatable bonds is 3. The highest BCUT2D eigenvalue weighted by Crippen LogP contribution is 2.11. The van der Waals surface area contributed by atoms with Crippen LogP contribution in [0, 0.1) is 0 Å². The van der Waals surface area contributed by atoms with Crippen LogP contribution < -0.4 is 5.43 Å². The molecule has 0 saturated heterocycles. The van der Waals surface area contributed by atoms with Gasteiger partial charge in [-0.05, 0) is 23.8 Å². The van der Waals surface area contributed by atoms with Crippen molar-refractivity contribution < 1.29 is 4.79 Å². The molecule has 3 nitrogen and oxygen atoms in total. The molecule has 0 aliphatic heterocycles. The molecule has 1 amide bonds. The summed E-state index contributed by atoms with van der Waals surface area (Å²) < 4.78 is 0.863. The van der Waals surface area contributed by atoms with Crippen molar-refractivity contribution in [1.82, 2.24) is 5.43 Å². The van der Waals surface area contributed by atoms with Gasteiger partial charge >= 0.3 is 0 Å². The second-order valence-corrected chi connectivity index (χ2v) is 4.54. The molecule has 0 unspecified atom stereocenters. The van der Waals surface area contributed by atoms with Crippen LogP contribution in [0.3, 0.4) is 0 Å². The maximum atomic E-state index is 11.7. The molecule has 0 fully saturated rings. The lowest BCUT2D eigenvalue weighted by Crippen LogP contribution is -2.17. The average molecular weight is 303 g/mol. The third-order valence-electron chi connectivity index (χ3n) is 2.27. The van der Waals surface area contributed by atoms with E-state index >= 15 is 0 Å². The molecule has 0 aliphatic carbocycles. The number of hydrogen-bond donors (Lipinski definition) is 1. The number of carbonyl (C=O) groups is 1. The first kappa shape index (κ1) is 12.5. The summed E-state index contributed by atoms with van der Waals surface area (Å²) >= 11 is 3.32. The minimum absolute atomic E-state index is 0.233. The minimum Gasteiger partial charge on any atom is -0.267 e. The number of benzene rings is 2. The number of nitrogens with zero attached hydrogens (tertiary/aromatic N) is 1. The lowest BCUT2D eigenvalue weighted by molar-refractivity contribution is 0.0955. The highest BCUT2D eigenvalue weighted by Gasteiger charge is 2.03. The van der Waals surface area contributed by atoms with Crippen LogP contribution in [-0.2, 0) is 0 Å². The van der Waals surface area contributed by atoms with Crippen LogP contribution in [0.15, 0.2) is 64.2 Å². The zero-order valence-electron chi connectivity index (χ0n) is 9.51. The third kappa shape index (κ3) is 3.53. The standard InChI is InChI=1S/C14H11BrN2O/c15-13-8-4-7-12(9-13)14(18)17-16-10-11-5-2-1-3-6-11/h1-10H,(H,17,18)/b16-10+. The Balaban J connectivity index is 1.99. The van der Waals surface area contributed by atoms with Gasteiger partial charge in [0.15, 0.2) is 0 Å². The van der Waals surface area contributed by atoms with Crippen LogP contribution in [0.5, 0.6) is 0 Å². The van der Waals surface area contributed by atoms with Crippen LogP contribution in [-0.4, -0.2) is 12.1 Å². The van der Waals surface area contributed by atoms with E-state index in [0.717, 1.165) is 10.0 Å². The molecule has 0 bridgehead atoms. The molecule has 2 aromatic carbocycles. The fourth-order valence-electron chi connectivity index (χ4n) is 1.40. The quantitative estimate of drug-likeness (QED) is 0.686. The number of hydrogen-bond acceptors (Lipinski definition) is 2. The zero-order chi connectivity index (χ0) is 12.8. The maximum Gasteiger partial charge on any atom is 0.271 e. The monoisotopic (exact) mass is 302 g/mol. The largest absolute Gasteiger partial charge is 0.271 e. The van der Waals surface area contributed by atoms with Crippen molar-refractivity contribution in [2.24, 2.45) is 5.10 Å². The van der Waals surface area contributed by atoms with E-state index in [9.17, 15) is 4.79 Å². The summed E-state index contributed by atoms with van der Waals surface area (Å²) in [4.78, 5) is 11.7. The zero-order valence-corrected chi connectivity index (χ0v) is 11.1. The van der Waals surface area contributed by atoms with Gasteiger partial charge in [-0.2, -0.15) is 5.10 Å². The average Bonchev–Trinajstić information content (AvgIpc) is 2.40. The Morgan fingerprint density at radius 2 is 1.89 bits per heavy atom. The summed E-state index contributed by atoms with van der Waals surface area (Å²) in [5, 5.41) is 3.91. The minimum atomic E-state index is -0.233. The van der Waals surface area contributed by atoms with Crippen molar-refractivity contribution in [3.63, 3.8) is 0 Å². The van der Waals surface area contributed by atoms with Gasteiger partial charge in [0.25, 0.3) is 5.91 Å². The highest BCUT2D eigenvalue weighted by molar-refractivity contribution is 9.10. The Bertz CT molecular complexity index is 567. The van der Waals surface area contributed by atoms with E-state index in [2.05, 4.69) is 26.5 Å². The van der Waals surface area contributed by atoms with Crippen LogP contribution in [0.2, 0.25) is 0 Å². The summed E-state index contributed by atoms with van der Waals surface area (Å²) in [6, 6.07) is 16.7. The van der Waals surface area contributed by atoms with E-state index in [4.69, 9.17) is 0 Å². The number of nitrogens with one attached hydrogen (secondary N) is 1. The molecular formula is C14H11BrN2O.